The van der Waals surface area contributed by atoms with E-state index in [0.717, 1.165) is 16.9 Å². The van der Waals surface area contributed by atoms with E-state index in [9.17, 15) is 4.79 Å². The molecule has 2 aromatic carbocycles. The summed E-state index contributed by atoms with van der Waals surface area (Å²) in [5.74, 6) is 0.455. The Kier molecular flexibility index (Phi) is 4.72. The van der Waals surface area contributed by atoms with Crippen molar-refractivity contribution < 1.29 is 4.79 Å². The number of fused-ring (bicyclic) bond motifs is 1. The average Bonchev–Trinajstić information content (AvgIpc) is 3.16. The molecule has 0 radical (unpaired) electrons. The first-order valence-electron chi connectivity index (χ1n) is 9.04. The smallest absolute Gasteiger partial charge is 0.308 e. The van der Waals surface area contributed by atoms with Gasteiger partial charge in [-0.1, -0.05) is 38.1 Å². The molecule has 0 bridgehead atoms. The Bertz CT molecular complexity index is 1120. The molecule has 28 heavy (non-hydrogen) atoms. The van der Waals surface area contributed by atoms with Crippen LogP contribution in [0.25, 0.3) is 16.9 Å². The fourth-order valence-corrected chi connectivity index (χ4v) is 2.88. The number of benzene rings is 2. The molecule has 0 saturated carbocycles. The first kappa shape index (κ1) is 17.7. The molecule has 0 atom stereocenters. The molecule has 0 saturated heterocycles. The summed E-state index contributed by atoms with van der Waals surface area (Å²) in [7, 11) is 0. The highest BCUT2D eigenvalue weighted by Gasteiger charge is 2.07. The second-order valence-corrected chi connectivity index (χ2v) is 6.79. The van der Waals surface area contributed by atoms with Crippen molar-refractivity contribution in [3.63, 3.8) is 0 Å². The molecule has 0 aliphatic heterocycles. The fraction of sp³-hybridized carbons (Fsp3) is 0.143. The fourth-order valence-electron chi connectivity index (χ4n) is 2.88. The number of amides is 2. The molecule has 0 aliphatic rings. The molecule has 0 spiro atoms. The van der Waals surface area contributed by atoms with Crippen LogP contribution in [0.4, 0.5) is 16.2 Å². The van der Waals surface area contributed by atoms with E-state index < -0.39 is 0 Å². The van der Waals surface area contributed by atoms with E-state index in [0.29, 0.717) is 17.3 Å². The molecule has 2 heterocycles. The van der Waals surface area contributed by atoms with Crippen molar-refractivity contribution in [2.75, 3.05) is 10.6 Å². The van der Waals surface area contributed by atoms with Gasteiger partial charge >= 0.3 is 6.03 Å². The van der Waals surface area contributed by atoms with Gasteiger partial charge in [-0.2, -0.15) is 9.61 Å². The number of anilines is 2. The number of rotatable bonds is 4. The third kappa shape index (κ3) is 3.83. The van der Waals surface area contributed by atoms with Crippen molar-refractivity contribution in [2.24, 2.45) is 0 Å². The summed E-state index contributed by atoms with van der Waals surface area (Å²) < 4.78 is 1.61. The van der Waals surface area contributed by atoms with E-state index in [-0.39, 0.29) is 6.03 Å². The van der Waals surface area contributed by atoms with Crippen molar-refractivity contribution in [2.45, 2.75) is 19.8 Å². The maximum atomic E-state index is 12.3. The van der Waals surface area contributed by atoms with E-state index >= 15 is 0 Å². The zero-order valence-electron chi connectivity index (χ0n) is 15.6. The lowest BCUT2D eigenvalue weighted by atomic mass is 10.0. The second-order valence-electron chi connectivity index (χ2n) is 6.79. The van der Waals surface area contributed by atoms with Crippen molar-refractivity contribution in [3.8, 4) is 11.3 Å². The van der Waals surface area contributed by atoms with E-state index in [2.05, 4.69) is 39.8 Å². The number of carbonyl (C=O) groups excluding carboxylic acids is 1. The molecule has 2 aromatic heterocycles. The molecule has 4 aromatic rings. The molecule has 4 rings (SSSR count). The number of nitrogens with one attached hydrogen (secondary N) is 2. The monoisotopic (exact) mass is 372 g/mol. The third-order valence-corrected chi connectivity index (χ3v) is 4.41. The quantitative estimate of drug-likeness (QED) is 0.550. The van der Waals surface area contributed by atoms with Crippen LogP contribution in [-0.4, -0.2) is 25.8 Å². The summed E-state index contributed by atoms with van der Waals surface area (Å²) >= 11 is 0. The van der Waals surface area contributed by atoms with Crippen LogP contribution in [0.5, 0.6) is 0 Å². The zero-order chi connectivity index (χ0) is 19.5. The van der Waals surface area contributed by atoms with Crippen molar-refractivity contribution in [3.05, 3.63) is 72.6 Å². The van der Waals surface area contributed by atoms with Crippen LogP contribution < -0.4 is 10.6 Å². The van der Waals surface area contributed by atoms with Gasteiger partial charge < -0.3 is 10.6 Å². The Morgan fingerprint density at radius 2 is 1.75 bits per heavy atom. The van der Waals surface area contributed by atoms with E-state index in [1.807, 2.05) is 60.7 Å². The lowest BCUT2D eigenvalue weighted by molar-refractivity contribution is 0.262. The summed E-state index contributed by atoms with van der Waals surface area (Å²) in [5.41, 5.74) is 4.99. The van der Waals surface area contributed by atoms with E-state index in [1.165, 1.54) is 5.56 Å². The minimum Gasteiger partial charge on any atom is -0.308 e. The number of aromatic nitrogens is 4. The normalized spacial score (nSPS) is 11.0. The van der Waals surface area contributed by atoms with Gasteiger partial charge in [0.05, 0.1) is 5.69 Å². The molecular weight excluding hydrogens is 352 g/mol. The van der Waals surface area contributed by atoms with Crippen LogP contribution in [0.3, 0.4) is 0 Å². The van der Waals surface area contributed by atoms with Crippen LogP contribution in [0.15, 0.2) is 67.0 Å². The Hall–Kier alpha value is -3.74. The first-order valence-corrected chi connectivity index (χ1v) is 9.04. The van der Waals surface area contributed by atoms with Gasteiger partial charge in [-0.3, -0.25) is 0 Å². The maximum absolute atomic E-state index is 12.3. The highest BCUT2D eigenvalue weighted by atomic mass is 16.2. The number of nitrogens with zero attached hydrogens (tertiary/aromatic N) is 4. The van der Waals surface area contributed by atoms with E-state index in [1.54, 1.807) is 10.8 Å². The SMILES string of the molecule is CC(C)c1ccc(NC(=O)Nc2cccc(-c3ccc4nncn4n3)c2)cc1. The molecule has 2 amide bonds. The van der Waals surface area contributed by atoms with Crippen molar-refractivity contribution >= 4 is 23.1 Å². The van der Waals surface area contributed by atoms with Crippen LogP contribution in [0.1, 0.15) is 25.3 Å². The number of hydrogen-bond donors (Lipinski definition) is 2. The van der Waals surface area contributed by atoms with Gasteiger partial charge in [0.2, 0.25) is 0 Å². The Labute approximate surface area is 162 Å². The predicted molar refractivity (Wildman–Crippen MR) is 109 cm³/mol. The number of urea groups is 1. The topological polar surface area (TPSA) is 84.2 Å². The van der Waals surface area contributed by atoms with Crippen LogP contribution in [0, 0.1) is 0 Å². The van der Waals surface area contributed by atoms with Gasteiger partial charge in [0.15, 0.2) is 5.65 Å². The third-order valence-electron chi connectivity index (χ3n) is 4.41. The standard InChI is InChI=1S/C21H20N6O/c1-14(2)15-6-8-17(9-7-15)23-21(28)24-18-5-3-4-16(12-18)19-10-11-20-25-22-13-27(20)26-19/h3-14H,1-2H3,(H2,23,24,28). The van der Waals surface area contributed by atoms with Crippen LogP contribution in [0.2, 0.25) is 0 Å². The zero-order valence-corrected chi connectivity index (χ0v) is 15.6. The van der Waals surface area contributed by atoms with E-state index in [4.69, 9.17) is 0 Å². The molecule has 0 aliphatic carbocycles. The van der Waals surface area contributed by atoms with Crippen LogP contribution in [-0.2, 0) is 0 Å². The van der Waals surface area contributed by atoms with Gasteiger partial charge in [0.25, 0.3) is 0 Å². The summed E-state index contributed by atoms with van der Waals surface area (Å²) in [6.07, 6.45) is 1.55. The highest BCUT2D eigenvalue weighted by Crippen LogP contribution is 2.22. The highest BCUT2D eigenvalue weighted by molar-refractivity contribution is 6.00. The first-order chi connectivity index (χ1) is 13.6. The van der Waals surface area contributed by atoms with Gasteiger partial charge in [-0.05, 0) is 47.9 Å². The molecule has 7 heteroatoms. The van der Waals surface area contributed by atoms with Crippen LogP contribution >= 0.6 is 0 Å². The summed E-state index contributed by atoms with van der Waals surface area (Å²) in [5, 5.41) is 18.0. The average molecular weight is 372 g/mol. The van der Waals surface area contributed by atoms with Gasteiger partial charge in [-0.15, -0.1) is 10.2 Å². The second kappa shape index (κ2) is 7.48. The van der Waals surface area contributed by atoms with Gasteiger partial charge in [0.1, 0.15) is 6.33 Å². The summed E-state index contributed by atoms with van der Waals surface area (Å²) in [6.45, 7) is 4.27. The Morgan fingerprint density at radius 1 is 0.964 bits per heavy atom. The molecule has 140 valence electrons. The maximum Gasteiger partial charge on any atom is 0.323 e. The predicted octanol–water partition coefficient (Wildman–Crippen LogP) is 4.56. The summed E-state index contributed by atoms with van der Waals surface area (Å²) in [4.78, 5) is 12.3. The minimum atomic E-state index is -0.295. The molecule has 0 fully saturated rings. The lowest BCUT2D eigenvalue weighted by Crippen LogP contribution is -2.19. The summed E-state index contributed by atoms with van der Waals surface area (Å²) in [6, 6.07) is 18.8. The molecular formula is C21H20N6O. The molecule has 2 N–H and O–H groups in total. The lowest BCUT2D eigenvalue weighted by Gasteiger charge is -2.10. The minimum absolute atomic E-state index is 0.295. The Morgan fingerprint density at radius 3 is 2.54 bits per heavy atom. The number of carbonyl (C=O) groups is 1. The Balaban J connectivity index is 1.47. The van der Waals surface area contributed by atoms with Gasteiger partial charge in [-0.25, -0.2) is 4.79 Å². The van der Waals surface area contributed by atoms with Crippen molar-refractivity contribution in [1.29, 1.82) is 0 Å². The largest absolute Gasteiger partial charge is 0.323 e. The molecule has 0 unspecified atom stereocenters. The van der Waals surface area contributed by atoms with Crippen molar-refractivity contribution in [1.82, 2.24) is 19.8 Å². The number of hydrogen-bond acceptors (Lipinski definition) is 4. The van der Waals surface area contributed by atoms with Gasteiger partial charge in [0, 0.05) is 16.9 Å². The molecule has 7 nitrogen and oxygen atoms in total.